The molecule has 8 heteroatoms. The molecule has 3 heterocycles. The lowest BCUT2D eigenvalue weighted by Gasteiger charge is -2.39. The summed E-state index contributed by atoms with van der Waals surface area (Å²) in [7, 11) is 0. The number of carbonyl (C=O) groups is 2. The monoisotopic (exact) mass is 438 g/mol. The van der Waals surface area contributed by atoms with E-state index in [1.165, 1.54) is 5.69 Å². The van der Waals surface area contributed by atoms with E-state index in [1.54, 1.807) is 24.5 Å². The fourth-order valence-corrected chi connectivity index (χ4v) is 4.38. The molecule has 0 unspecified atom stereocenters. The topological polar surface area (TPSA) is 95.0 Å². The van der Waals surface area contributed by atoms with Gasteiger partial charge in [0.2, 0.25) is 5.91 Å². The zero-order valence-corrected chi connectivity index (χ0v) is 18.1. The molecule has 2 amide bonds. The van der Waals surface area contributed by atoms with Crippen LogP contribution in [0.4, 0.5) is 5.69 Å². The molecule has 0 spiro atoms. The Balaban J connectivity index is 1.25. The fourth-order valence-electron chi connectivity index (χ4n) is 4.38. The number of pyridine rings is 1. The summed E-state index contributed by atoms with van der Waals surface area (Å²) in [5, 5.41) is 12.7. The molecule has 8 nitrogen and oxygen atoms in total. The largest absolute Gasteiger partial charge is 0.394 e. The SMILES string of the molecule is O=C(N[C@@H]1CC[C@H](CC(=O)N2CCN(c3ccccc3)CC2)O[C@@H]1CO)c1ccncc1. The molecule has 0 bridgehead atoms. The first-order valence-corrected chi connectivity index (χ1v) is 11.2. The normalized spacial score (nSPS) is 23.6. The van der Waals surface area contributed by atoms with E-state index >= 15 is 0 Å². The van der Waals surface area contributed by atoms with Crippen molar-refractivity contribution in [3.8, 4) is 0 Å². The minimum Gasteiger partial charge on any atom is -0.394 e. The molecule has 2 fully saturated rings. The first-order chi connectivity index (χ1) is 15.6. The third-order valence-corrected chi connectivity index (χ3v) is 6.21. The van der Waals surface area contributed by atoms with Crippen molar-refractivity contribution >= 4 is 17.5 Å². The second-order valence-electron chi connectivity index (χ2n) is 8.28. The molecule has 3 atom stereocenters. The summed E-state index contributed by atoms with van der Waals surface area (Å²) in [6.07, 6.45) is 3.97. The van der Waals surface area contributed by atoms with Crippen LogP contribution < -0.4 is 10.2 Å². The molecule has 32 heavy (non-hydrogen) atoms. The Labute approximate surface area is 188 Å². The van der Waals surface area contributed by atoms with Crippen molar-refractivity contribution in [1.82, 2.24) is 15.2 Å². The molecule has 2 saturated heterocycles. The molecule has 2 aromatic rings. The lowest BCUT2D eigenvalue weighted by atomic mass is 9.96. The van der Waals surface area contributed by atoms with Crippen LogP contribution in [-0.2, 0) is 9.53 Å². The molecule has 0 saturated carbocycles. The van der Waals surface area contributed by atoms with Gasteiger partial charge in [-0.2, -0.15) is 0 Å². The summed E-state index contributed by atoms with van der Waals surface area (Å²) < 4.78 is 6.00. The Bertz CT molecular complexity index is 887. The number of carbonyl (C=O) groups excluding carboxylic acids is 2. The zero-order valence-electron chi connectivity index (χ0n) is 18.1. The Morgan fingerprint density at radius 2 is 1.75 bits per heavy atom. The summed E-state index contributed by atoms with van der Waals surface area (Å²) in [4.78, 5) is 33.4. The van der Waals surface area contributed by atoms with Crippen molar-refractivity contribution in [2.45, 2.75) is 37.5 Å². The minimum absolute atomic E-state index is 0.0821. The predicted molar refractivity (Wildman–Crippen MR) is 120 cm³/mol. The molecule has 2 aliphatic heterocycles. The van der Waals surface area contributed by atoms with Gasteiger partial charge in [0.05, 0.1) is 25.2 Å². The highest BCUT2D eigenvalue weighted by Crippen LogP contribution is 2.24. The summed E-state index contributed by atoms with van der Waals surface area (Å²) in [6, 6.07) is 13.2. The third-order valence-electron chi connectivity index (χ3n) is 6.21. The molecule has 1 aromatic heterocycles. The number of nitrogens with zero attached hydrogens (tertiary/aromatic N) is 3. The van der Waals surface area contributed by atoms with Gasteiger partial charge in [-0.3, -0.25) is 14.6 Å². The predicted octanol–water partition coefficient (Wildman–Crippen LogP) is 1.46. The molecule has 4 rings (SSSR count). The van der Waals surface area contributed by atoms with Crippen LogP contribution in [0.15, 0.2) is 54.9 Å². The number of ether oxygens (including phenoxy) is 1. The lowest BCUT2D eigenvalue weighted by molar-refractivity contribution is -0.140. The number of nitrogens with one attached hydrogen (secondary N) is 1. The molecule has 0 aliphatic carbocycles. The molecule has 2 N–H and O–H groups in total. The highest BCUT2D eigenvalue weighted by atomic mass is 16.5. The van der Waals surface area contributed by atoms with Crippen molar-refractivity contribution in [2.75, 3.05) is 37.7 Å². The molecule has 0 radical (unpaired) electrons. The van der Waals surface area contributed by atoms with E-state index in [0.29, 0.717) is 37.9 Å². The number of aliphatic hydroxyl groups excluding tert-OH is 1. The van der Waals surface area contributed by atoms with E-state index in [-0.39, 0.29) is 30.6 Å². The number of rotatable bonds is 6. The number of aliphatic hydroxyl groups is 1. The molecular weight excluding hydrogens is 408 g/mol. The maximum absolute atomic E-state index is 12.8. The maximum Gasteiger partial charge on any atom is 0.251 e. The van der Waals surface area contributed by atoms with Gasteiger partial charge in [0, 0.05) is 49.8 Å². The Kier molecular flexibility index (Phi) is 7.34. The molecule has 170 valence electrons. The Morgan fingerprint density at radius 1 is 1.03 bits per heavy atom. The zero-order chi connectivity index (χ0) is 22.3. The van der Waals surface area contributed by atoms with Crippen molar-refractivity contribution < 1.29 is 19.4 Å². The number of anilines is 1. The van der Waals surface area contributed by atoms with Crippen molar-refractivity contribution in [3.63, 3.8) is 0 Å². The number of hydrogen-bond donors (Lipinski definition) is 2. The maximum atomic E-state index is 12.8. The van der Waals surface area contributed by atoms with Gasteiger partial charge >= 0.3 is 0 Å². The number of benzene rings is 1. The van der Waals surface area contributed by atoms with Gasteiger partial charge in [-0.1, -0.05) is 18.2 Å². The highest BCUT2D eigenvalue weighted by molar-refractivity contribution is 5.94. The highest BCUT2D eigenvalue weighted by Gasteiger charge is 2.34. The molecule has 2 aliphatic rings. The van der Waals surface area contributed by atoms with Crippen LogP contribution in [0.25, 0.3) is 0 Å². The Morgan fingerprint density at radius 3 is 2.44 bits per heavy atom. The van der Waals surface area contributed by atoms with Crippen LogP contribution in [0, 0.1) is 0 Å². The second kappa shape index (κ2) is 10.6. The van der Waals surface area contributed by atoms with Gasteiger partial charge in [-0.05, 0) is 37.1 Å². The summed E-state index contributed by atoms with van der Waals surface area (Å²) in [5.74, 6) is -0.135. The van der Waals surface area contributed by atoms with E-state index in [9.17, 15) is 14.7 Å². The van der Waals surface area contributed by atoms with Crippen LogP contribution in [0.1, 0.15) is 29.6 Å². The van der Waals surface area contributed by atoms with Crippen molar-refractivity contribution in [2.24, 2.45) is 0 Å². The number of piperazine rings is 1. The quantitative estimate of drug-likeness (QED) is 0.709. The average Bonchev–Trinajstić information content (AvgIpc) is 2.86. The smallest absolute Gasteiger partial charge is 0.251 e. The van der Waals surface area contributed by atoms with Gasteiger partial charge in [-0.25, -0.2) is 0 Å². The van der Waals surface area contributed by atoms with E-state index < -0.39 is 6.10 Å². The van der Waals surface area contributed by atoms with E-state index in [2.05, 4.69) is 27.3 Å². The van der Waals surface area contributed by atoms with Crippen LogP contribution in [0.3, 0.4) is 0 Å². The summed E-state index contributed by atoms with van der Waals surface area (Å²) in [5.41, 5.74) is 1.70. The first kappa shape index (κ1) is 22.2. The lowest BCUT2D eigenvalue weighted by Crippen LogP contribution is -2.52. The Hall–Kier alpha value is -2.97. The molecular formula is C24H30N4O4. The van der Waals surface area contributed by atoms with Crippen LogP contribution in [0.5, 0.6) is 0 Å². The van der Waals surface area contributed by atoms with Gasteiger partial charge in [0.25, 0.3) is 5.91 Å². The summed E-state index contributed by atoms with van der Waals surface area (Å²) in [6.45, 7) is 2.79. The number of aromatic nitrogens is 1. The number of amides is 2. The van der Waals surface area contributed by atoms with Crippen LogP contribution in [0.2, 0.25) is 0 Å². The van der Waals surface area contributed by atoms with Gasteiger partial charge < -0.3 is 25.0 Å². The van der Waals surface area contributed by atoms with Gasteiger partial charge in [0.1, 0.15) is 6.10 Å². The van der Waals surface area contributed by atoms with Crippen molar-refractivity contribution in [3.05, 3.63) is 60.4 Å². The third kappa shape index (κ3) is 5.44. The average molecular weight is 439 g/mol. The van der Waals surface area contributed by atoms with Gasteiger partial charge in [0.15, 0.2) is 0 Å². The minimum atomic E-state index is -0.526. The summed E-state index contributed by atoms with van der Waals surface area (Å²) >= 11 is 0. The first-order valence-electron chi connectivity index (χ1n) is 11.2. The fraction of sp³-hybridized carbons (Fsp3) is 0.458. The second-order valence-corrected chi connectivity index (χ2v) is 8.28. The van der Waals surface area contributed by atoms with Crippen LogP contribution >= 0.6 is 0 Å². The van der Waals surface area contributed by atoms with Crippen LogP contribution in [-0.4, -0.2) is 77.8 Å². The number of hydrogen-bond acceptors (Lipinski definition) is 6. The molecule has 1 aromatic carbocycles. The van der Waals surface area contributed by atoms with E-state index in [0.717, 1.165) is 13.1 Å². The standard InChI is InChI=1S/C24H30N4O4/c29-17-22-21(26-24(31)18-8-10-25-11-9-18)7-6-20(32-22)16-23(30)28-14-12-27(13-15-28)19-4-2-1-3-5-19/h1-5,8-11,20-22,29H,6-7,12-17H2,(H,26,31)/t20-,21-,22-/m1/s1. The van der Waals surface area contributed by atoms with E-state index in [1.807, 2.05) is 23.1 Å². The van der Waals surface area contributed by atoms with Crippen molar-refractivity contribution in [1.29, 1.82) is 0 Å². The van der Waals surface area contributed by atoms with E-state index in [4.69, 9.17) is 4.74 Å². The number of para-hydroxylation sites is 1. The van der Waals surface area contributed by atoms with Gasteiger partial charge in [-0.15, -0.1) is 0 Å².